The number of nitrogens with zero attached hydrogens (tertiary/aromatic N) is 1. The highest BCUT2D eigenvalue weighted by Crippen LogP contribution is 2.29. The molecule has 102 valence electrons. The van der Waals surface area contributed by atoms with Gasteiger partial charge in [-0.05, 0) is 12.1 Å². The maximum absolute atomic E-state index is 12.0. The number of ether oxygens (including phenoxy) is 2. The van der Waals surface area contributed by atoms with Crippen molar-refractivity contribution in [1.29, 1.82) is 0 Å². The molecule has 0 spiro atoms. The molecule has 0 saturated carbocycles. The third-order valence-corrected chi connectivity index (χ3v) is 3.12. The maximum Gasteiger partial charge on any atom is 0.255 e. The molecule has 19 heavy (non-hydrogen) atoms. The molecule has 0 radical (unpaired) electrons. The number of hydrogen-bond donors (Lipinski definition) is 2. The van der Waals surface area contributed by atoms with Crippen molar-refractivity contribution in [1.82, 2.24) is 10.2 Å². The molecule has 0 aliphatic rings. The minimum atomic E-state index is -0.680. The number of methoxy groups -OCH3 is 2. The van der Waals surface area contributed by atoms with E-state index in [9.17, 15) is 4.79 Å². The molecule has 0 aliphatic carbocycles. The molecule has 2 rings (SSSR count). The van der Waals surface area contributed by atoms with Gasteiger partial charge in [-0.3, -0.25) is 9.89 Å². The number of benzene rings is 1. The van der Waals surface area contributed by atoms with Gasteiger partial charge in [0.15, 0.2) is 6.10 Å². The van der Waals surface area contributed by atoms with Crippen LogP contribution in [0.15, 0.2) is 18.3 Å². The molecule has 1 aromatic heterocycles. The standard InChI is InChI=1S/C12H14ClN3O3/c1-18-6-10(19-2)12(17)15-9-4-3-8-7(11(9)13)5-14-16-8/h3-5,10H,6H2,1-2H3,(H,14,16)(H,15,17). The third-order valence-electron chi connectivity index (χ3n) is 2.71. The summed E-state index contributed by atoms with van der Waals surface area (Å²) >= 11 is 6.21. The average Bonchev–Trinajstić information content (AvgIpc) is 2.88. The van der Waals surface area contributed by atoms with Crippen LogP contribution in [0.5, 0.6) is 0 Å². The minimum absolute atomic E-state index is 0.175. The minimum Gasteiger partial charge on any atom is -0.381 e. The zero-order valence-electron chi connectivity index (χ0n) is 10.6. The largest absolute Gasteiger partial charge is 0.381 e. The summed E-state index contributed by atoms with van der Waals surface area (Å²) in [4.78, 5) is 12.0. The Labute approximate surface area is 115 Å². The second-order valence-electron chi connectivity index (χ2n) is 3.93. The Bertz CT molecular complexity index is 585. The van der Waals surface area contributed by atoms with E-state index >= 15 is 0 Å². The number of aromatic nitrogens is 2. The zero-order valence-corrected chi connectivity index (χ0v) is 11.3. The van der Waals surface area contributed by atoms with E-state index in [0.717, 1.165) is 10.9 Å². The van der Waals surface area contributed by atoms with Crippen molar-refractivity contribution in [2.75, 3.05) is 26.1 Å². The highest BCUT2D eigenvalue weighted by atomic mass is 35.5. The van der Waals surface area contributed by atoms with Crippen molar-refractivity contribution in [2.45, 2.75) is 6.10 Å². The van der Waals surface area contributed by atoms with Crippen LogP contribution in [-0.4, -0.2) is 43.0 Å². The van der Waals surface area contributed by atoms with E-state index in [2.05, 4.69) is 15.5 Å². The number of carbonyl (C=O) groups excluding carboxylic acids is 1. The average molecular weight is 284 g/mol. The zero-order chi connectivity index (χ0) is 13.8. The molecule has 0 aliphatic heterocycles. The lowest BCUT2D eigenvalue weighted by molar-refractivity contribution is -0.128. The van der Waals surface area contributed by atoms with Crippen molar-refractivity contribution < 1.29 is 14.3 Å². The topological polar surface area (TPSA) is 76.2 Å². The first-order chi connectivity index (χ1) is 9.17. The number of carbonyl (C=O) groups is 1. The molecule has 0 fully saturated rings. The van der Waals surface area contributed by atoms with Gasteiger partial charge < -0.3 is 14.8 Å². The normalized spacial score (nSPS) is 12.6. The Kier molecular flexibility index (Phi) is 4.36. The van der Waals surface area contributed by atoms with E-state index < -0.39 is 6.10 Å². The first kappa shape index (κ1) is 13.8. The number of hydrogen-bond acceptors (Lipinski definition) is 4. The Morgan fingerprint density at radius 2 is 2.32 bits per heavy atom. The first-order valence-corrected chi connectivity index (χ1v) is 5.99. The fraction of sp³-hybridized carbons (Fsp3) is 0.333. The summed E-state index contributed by atoms with van der Waals surface area (Å²) in [5, 5.41) is 10.6. The predicted octanol–water partition coefficient (Wildman–Crippen LogP) is 1.82. The highest BCUT2D eigenvalue weighted by molar-refractivity contribution is 6.38. The smallest absolute Gasteiger partial charge is 0.255 e. The number of aromatic amines is 1. The van der Waals surface area contributed by atoms with Crippen LogP contribution in [0, 0.1) is 0 Å². The van der Waals surface area contributed by atoms with Gasteiger partial charge in [-0.2, -0.15) is 5.10 Å². The molecule has 2 aromatic rings. The van der Waals surface area contributed by atoms with Crippen molar-refractivity contribution in [2.24, 2.45) is 0 Å². The molecular formula is C12H14ClN3O3. The van der Waals surface area contributed by atoms with Gasteiger partial charge >= 0.3 is 0 Å². The fourth-order valence-corrected chi connectivity index (χ4v) is 1.96. The summed E-state index contributed by atoms with van der Waals surface area (Å²) in [5.74, 6) is -0.311. The highest BCUT2D eigenvalue weighted by Gasteiger charge is 2.19. The summed E-state index contributed by atoms with van der Waals surface area (Å²) in [6.07, 6.45) is 0.928. The Balaban J connectivity index is 2.20. The van der Waals surface area contributed by atoms with Crippen LogP contribution in [-0.2, 0) is 14.3 Å². The number of halogens is 1. The molecule has 1 atom stereocenters. The maximum atomic E-state index is 12.0. The summed E-state index contributed by atoms with van der Waals surface area (Å²) in [6, 6.07) is 3.50. The van der Waals surface area contributed by atoms with Gasteiger partial charge in [0.1, 0.15) is 0 Å². The van der Waals surface area contributed by atoms with Crippen LogP contribution < -0.4 is 5.32 Å². The fourth-order valence-electron chi connectivity index (χ4n) is 1.69. The van der Waals surface area contributed by atoms with Crippen LogP contribution in [0.4, 0.5) is 5.69 Å². The van der Waals surface area contributed by atoms with Gasteiger partial charge in [0.25, 0.3) is 5.91 Å². The molecule has 1 heterocycles. The lowest BCUT2D eigenvalue weighted by Gasteiger charge is -2.15. The molecule has 0 bridgehead atoms. The van der Waals surface area contributed by atoms with E-state index in [-0.39, 0.29) is 12.5 Å². The first-order valence-electron chi connectivity index (χ1n) is 5.61. The molecule has 1 aromatic carbocycles. The van der Waals surface area contributed by atoms with Crippen molar-refractivity contribution in [3.63, 3.8) is 0 Å². The van der Waals surface area contributed by atoms with E-state index in [1.54, 1.807) is 18.3 Å². The van der Waals surface area contributed by atoms with Crippen LogP contribution in [0.3, 0.4) is 0 Å². The molecule has 7 heteroatoms. The van der Waals surface area contributed by atoms with Crippen molar-refractivity contribution >= 4 is 34.1 Å². The SMILES string of the molecule is COCC(OC)C(=O)Nc1ccc2[nH]ncc2c1Cl. The Morgan fingerprint density at radius 1 is 1.53 bits per heavy atom. The number of amides is 1. The van der Waals surface area contributed by atoms with Gasteiger partial charge in [0.2, 0.25) is 0 Å². The van der Waals surface area contributed by atoms with Gasteiger partial charge in [0.05, 0.1) is 29.0 Å². The van der Waals surface area contributed by atoms with Gasteiger partial charge in [-0.15, -0.1) is 0 Å². The van der Waals surface area contributed by atoms with Gasteiger partial charge in [0, 0.05) is 19.6 Å². The van der Waals surface area contributed by atoms with E-state index in [4.69, 9.17) is 21.1 Å². The van der Waals surface area contributed by atoms with Crippen LogP contribution in [0.2, 0.25) is 5.02 Å². The van der Waals surface area contributed by atoms with Crippen molar-refractivity contribution in [3.8, 4) is 0 Å². The molecule has 2 N–H and O–H groups in total. The van der Waals surface area contributed by atoms with E-state index in [1.165, 1.54) is 14.2 Å². The molecule has 0 saturated heterocycles. The number of H-pyrrole nitrogens is 1. The van der Waals surface area contributed by atoms with Crippen LogP contribution in [0.25, 0.3) is 10.9 Å². The molecule has 1 unspecified atom stereocenters. The number of nitrogens with one attached hydrogen (secondary N) is 2. The monoisotopic (exact) mass is 283 g/mol. The summed E-state index contributed by atoms with van der Waals surface area (Å²) in [5.41, 5.74) is 1.32. The Hall–Kier alpha value is -1.63. The summed E-state index contributed by atoms with van der Waals surface area (Å²) in [6.45, 7) is 0.175. The number of rotatable bonds is 5. The van der Waals surface area contributed by atoms with E-state index in [1.807, 2.05) is 0 Å². The van der Waals surface area contributed by atoms with Gasteiger partial charge in [-0.1, -0.05) is 11.6 Å². The van der Waals surface area contributed by atoms with Gasteiger partial charge in [-0.25, -0.2) is 0 Å². The molecule has 1 amide bonds. The Morgan fingerprint density at radius 3 is 3.00 bits per heavy atom. The lowest BCUT2D eigenvalue weighted by Crippen LogP contribution is -2.33. The van der Waals surface area contributed by atoms with E-state index in [0.29, 0.717) is 10.7 Å². The number of anilines is 1. The van der Waals surface area contributed by atoms with Crippen LogP contribution in [0.1, 0.15) is 0 Å². The lowest BCUT2D eigenvalue weighted by atomic mass is 10.2. The second kappa shape index (κ2) is 6.01. The quantitative estimate of drug-likeness (QED) is 0.877. The third kappa shape index (κ3) is 2.86. The summed E-state index contributed by atoms with van der Waals surface area (Å²) in [7, 11) is 2.95. The second-order valence-corrected chi connectivity index (χ2v) is 4.31. The number of fused-ring (bicyclic) bond motifs is 1. The summed E-state index contributed by atoms with van der Waals surface area (Å²) < 4.78 is 9.95. The molecular weight excluding hydrogens is 270 g/mol. The van der Waals surface area contributed by atoms with Crippen LogP contribution >= 0.6 is 11.6 Å². The molecule has 6 nitrogen and oxygen atoms in total. The van der Waals surface area contributed by atoms with Crippen molar-refractivity contribution in [3.05, 3.63) is 23.4 Å². The predicted molar refractivity (Wildman–Crippen MR) is 72.4 cm³/mol.